The maximum absolute atomic E-state index is 10.3. The molecule has 2 N–H and O–H groups in total. The molecule has 0 aromatic rings. The smallest absolute Gasteiger partial charge is 0.549 e. The topological polar surface area (TPSA) is 80.6 Å². The number of carbonyl (C=O) groups excluding carboxylic acids is 1. The van der Waals surface area contributed by atoms with Crippen molar-refractivity contribution in [1.82, 2.24) is 0 Å². The predicted molar refractivity (Wildman–Crippen MR) is 31.9 cm³/mol. The number of rotatable bonds is 4. The molecule has 0 aromatic carbocycles. The molecular formula is C6H11NaO4. The van der Waals surface area contributed by atoms with Crippen LogP contribution in [-0.4, -0.2) is 29.4 Å². The van der Waals surface area contributed by atoms with Crippen LogP contribution in [0.25, 0.3) is 0 Å². The van der Waals surface area contributed by atoms with Crippen molar-refractivity contribution in [3.63, 3.8) is 0 Å². The summed E-state index contributed by atoms with van der Waals surface area (Å²) in [5, 5.41) is 27.4. The minimum atomic E-state index is -1.46. The summed E-state index contributed by atoms with van der Waals surface area (Å²) in [5.74, 6) is -1.40. The van der Waals surface area contributed by atoms with Crippen LogP contribution >= 0.6 is 0 Å². The van der Waals surface area contributed by atoms with Gasteiger partial charge in [0.05, 0.1) is 24.6 Å². The Morgan fingerprint density at radius 2 is 1.82 bits per heavy atom. The molecule has 0 spiro atoms. The third-order valence-electron chi connectivity index (χ3n) is 1.72. The van der Waals surface area contributed by atoms with E-state index in [1.54, 1.807) is 6.92 Å². The van der Waals surface area contributed by atoms with E-state index < -0.39 is 24.6 Å². The van der Waals surface area contributed by atoms with Gasteiger partial charge in [0.2, 0.25) is 0 Å². The minimum Gasteiger partial charge on any atom is -0.549 e. The summed E-state index contributed by atoms with van der Waals surface area (Å²) in [7, 11) is 0. The van der Waals surface area contributed by atoms with Gasteiger partial charge in [0.25, 0.3) is 0 Å². The fourth-order valence-electron chi connectivity index (χ4n) is 0.547. The quantitative estimate of drug-likeness (QED) is 0.414. The molecule has 0 atom stereocenters. The number of carbonyl (C=O) groups is 1. The Morgan fingerprint density at radius 3 is 1.82 bits per heavy atom. The second kappa shape index (κ2) is 5.97. The monoisotopic (exact) mass is 170 g/mol. The largest absolute Gasteiger partial charge is 1.00 e. The van der Waals surface area contributed by atoms with Crippen LogP contribution in [0.15, 0.2) is 0 Å². The number of aliphatic hydroxyl groups excluding tert-OH is 2. The van der Waals surface area contributed by atoms with Crippen molar-refractivity contribution in [2.24, 2.45) is 5.41 Å². The average Bonchev–Trinajstić information content (AvgIpc) is 1.92. The zero-order valence-corrected chi connectivity index (χ0v) is 8.83. The molecule has 0 saturated heterocycles. The molecule has 0 aliphatic heterocycles. The van der Waals surface area contributed by atoms with Crippen LogP contribution in [0.5, 0.6) is 0 Å². The van der Waals surface area contributed by atoms with Gasteiger partial charge in [-0.15, -0.1) is 0 Å². The zero-order chi connectivity index (χ0) is 8.20. The van der Waals surface area contributed by atoms with Gasteiger partial charge in [-0.25, -0.2) is 0 Å². The molecule has 5 heteroatoms. The van der Waals surface area contributed by atoms with Gasteiger partial charge in [-0.1, -0.05) is 6.92 Å². The molecule has 0 fully saturated rings. The average molecular weight is 170 g/mol. The van der Waals surface area contributed by atoms with Gasteiger partial charge in [0, 0.05) is 0 Å². The van der Waals surface area contributed by atoms with Crippen molar-refractivity contribution >= 4 is 5.97 Å². The third-order valence-corrected chi connectivity index (χ3v) is 1.72. The maximum Gasteiger partial charge on any atom is 1.00 e. The van der Waals surface area contributed by atoms with Crippen LogP contribution in [0.4, 0.5) is 0 Å². The second-order valence-electron chi connectivity index (χ2n) is 2.24. The molecule has 60 valence electrons. The van der Waals surface area contributed by atoms with Gasteiger partial charge in [-0.05, 0) is 6.42 Å². The SMILES string of the molecule is CCC(CO)(CO)C(=O)[O-].[Na+]. The molecular weight excluding hydrogens is 159 g/mol. The molecule has 0 heterocycles. The fraction of sp³-hybridized carbons (Fsp3) is 0.833. The molecule has 11 heavy (non-hydrogen) atoms. The maximum atomic E-state index is 10.3. The Hall–Kier alpha value is 0.390. The summed E-state index contributed by atoms with van der Waals surface area (Å²) in [4.78, 5) is 10.3. The number of hydrogen-bond acceptors (Lipinski definition) is 4. The molecule has 0 bridgehead atoms. The zero-order valence-electron chi connectivity index (χ0n) is 6.83. The van der Waals surface area contributed by atoms with E-state index in [4.69, 9.17) is 10.2 Å². The van der Waals surface area contributed by atoms with E-state index in [1.807, 2.05) is 0 Å². The first-order valence-electron chi connectivity index (χ1n) is 3.06. The summed E-state index contributed by atoms with van der Waals surface area (Å²) >= 11 is 0. The Kier molecular flexibility index (Phi) is 7.57. The summed E-state index contributed by atoms with van der Waals surface area (Å²) in [6.07, 6.45) is 0.169. The van der Waals surface area contributed by atoms with Gasteiger partial charge in [-0.3, -0.25) is 0 Å². The molecule has 0 aromatic heterocycles. The molecule has 0 aliphatic carbocycles. The Bertz CT molecular complexity index is 113. The summed E-state index contributed by atoms with van der Waals surface area (Å²) in [5.41, 5.74) is -1.46. The van der Waals surface area contributed by atoms with Gasteiger partial charge >= 0.3 is 29.6 Å². The molecule has 0 amide bonds. The van der Waals surface area contributed by atoms with Crippen molar-refractivity contribution < 1.29 is 49.7 Å². The van der Waals surface area contributed by atoms with E-state index in [9.17, 15) is 9.90 Å². The van der Waals surface area contributed by atoms with Crippen LogP contribution in [0.1, 0.15) is 13.3 Å². The summed E-state index contributed by atoms with van der Waals surface area (Å²) < 4.78 is 0. The Balaban J connectivity index is 0. The Labute approximate surface area is 87.5 Å². The van der Waals surface area contributed by atoms with Gasteiger partial charge in [-0.2, -0.15) is 0 Å². The van der Waals surface area contributed by atoms with Crippen LogP contribution < -0.4 is 34.7 Å². The number of carboxylic acids is 1. The van der Waals surface area contributed by atoms with Crippen molar-refractivity contribution in [2.45, 2.75) is 13.3 Å². The molecule has 0 rings (SSSR count). The van der Waals surface area contributed by atoms with Crippen molar-refractivity contribution in [1.29, 1.82) is 0 Å². The summed E-state index contributed by atoms with van der Waals surface area (Å²) in [6, 6.07) is 0. The molecule has 4 nitrogen and oxygen atoms in total. The van der Waals surface area contributed by atoms with Crippen molar-refractivity contribution in [2.75, 3.05) is 13.2 Å². The van der Waals surface area contributed by atoms with Gasteiger partial charge < -0.3 is 20.1 Å². The van der Waals surface area contributed by atoms with E-state index in [-0.39, 0.29) is 36.0 Å². The first-order valence-corrected chi connectivity index (χ1v) is 3.06. The van der Waals surface area contributed by atoms with Crippen molar-refractivity contribution in [3.05, 3.63) is 0 Å². The fourth-order valence-corrected chi connectivity index (χ4v) is 0.547. The molecule has 0 unspecified atom stereocenters. The molecule has 0 radical (unpaired) electrons. The number of aliphatic hydroxyl groups is 2. The van der Waals surface area contributed by atoms with E-state index in [1.165, 1.54) is 0 Å². The number of carboxylic acid groups (broad SMARTS) is 1. The third kappa shape index (κ3) is 3.09. The van der Waals surface area contributed by atoms with Gasteiger partial charge in [0.15, 0.2) is 0 Å². The van der Waals surface area contributed by atoms with E-state index >= 15 is 0 Å². The van der Waals surface area contributed by atoms with Crippen LogP contribution in [0.2, 0.25) is 0 Å². The first-order chi connectivity index (χ1) is 4.63. The second-order valence-corrected chi connectivity index (χ2v) is 2.24. The summed E-state index contributed by atoms with van der Waals surface area (Å²) in [6.45, 7) is 0.410. The van der Waals surface area contributed by atoms with Crippen molar-refractivity contribution in [3.8, 4) is 0 Å². The van der Waals surface area contributed by atoms with E-state index in [0.717, 1.165) is 0 Å². The van der Waals surface area contributed by atoms with Crippen LogP contribution in [0.3, 0.4) is 0 Å². The van der Waals surface area contributed by atoms with Crippen LogP contribution in [-0.2, 0) is 4.79 Å². The van der Waals surface area contributed by atoms with Gasteiger partial charge in [0.1, 0.15) is 0 Å². The first kappa shape index (κ1) is 13.9. The number of hydrogen-bond donors (Lipinski definition) is 2. The predicted octanol–water partition coefficient (Wildman–Crippen LogP) is -4.88. The normalized spacial score (nSPS) is 10.5. The molecule has 0 saturated carbocycles. The van der Waals surface area contributed by atoms with E-state index in [0.29, 0.717) is 0 Å². The number of aliphatic carboxylic acids is 1. The minimum absolute atomic E-state index is 0. The van der Waals surface area contributed by atoms with Crippen LogP contribution in [0, 0.1) is 5.41 Å². The molecule has 0 aliphatic rings. The van der Waals surface area contributed by atoms with E-state index in [2.05, 4.69) is 0 Å². The standard InChI is InChI=1S/C6H12O4.Na/c1-2-6(3-7,4-8)5(9)10;/h7-8H,2-4H2,1H3,(H,9,10);/q;+1/p-1. The Morgan fingerprint density at radius 1 is 1.45 bits per heavy atom.